The first-order valence-corrected chi connectivity index (χ1v) is 11.2. The van der Waals surface area contributed by atoms with Gasteiger partial charge in [0.1, 0.15) is 23.5 Å². The highest BCUT2D eigenvalue weighted by atomic mass is 32.1. The number of hydrogen-bond donors (Lipinski definition) is 2. The van der Waals surface area contributed by atoms with Gasteiger partial charge < -0.3 is 20.7 Å². The zero-order valence-electron chi connectivity index (χ0n) is 18.6. The molecular weight excluding hydrogens is 431 g/mol. The summed E-state index contributed by atoms with van der Waals surface area (Å²) in [6, 6.07) is 9.45. The van der Waals surface area contributed by atoms with Crippen molar-refractivity contribution in [2.24, 2.45) is 5.73 Å². The number of amides is 2. The van der Waals surface area contributed by atoms with Crippen LogP contribution >= 0.6 is 11.3 Å². The lowest BCUT2D eigenvalue weighted by atomic mass is 10.1. The summed E-state index contributed by atoms with van der Waals surface area (Å²) in [6.45, 7) is 7.21. The van der Waals surface area contributed by atoms with Gasteiger partial charge in [0.25, 0.3) is 0 Å². The van der Waals surface area contributed by atoms with E-state index in [4.69, 9.17) is 15.7 Å². The molecule has 0 unspecified atom stereocenters. The molecule has 3 N–H and O–H groups in total. The molecule has 3 rings (SSSR count). The van der Waals surface area contributed by atoms with Crippen LogP contribution in [-0.2, 0) is 16.0 Å². The van der Waals surface area contributed by atoms with Gasteiger partial charge in [0.15, 0.2) is 0 Å². The lowest BCUT2D eigenvalue weighted by Crippen LogP contribution is -2.47. The average molecular weight is 461 g/mol. The van der Waals surface area contributed by atoms with Crippen LogP contribution in [0, 0.1) is 17.1 Å². The first-order chi connectivity index (χ1) is 15.1. The van der Waals surface area contributed by atoms with Crippen molar-refractivity contribution in [3.63, 3.8) is 0 Å². The molecule has 0 aliphatic carbocycles. The van der Waals surface area contributed by atoms with Crippen LogP contribution < -0.4 is 16.0 Å². The molecule has 1 fully saturated rings. The largest absolute Gasteiger partial charge is 0.444 e. The number of nitrogens with two attached hydrogens (primary N) is 1. The molecule has 0 spiro atoms. The summed E-state index contributed by atoms with van der Waals surface area (Å²) in [5.41, 5.74) is 5.96. The van der Waals surface area contributed by atoms with Crippen LogP contribution in [0.1, 0.15) is 44.1 Å². The molecule has 0 bridgehead atoms. The van der Waals surface area contributed by atoms with Gasteiger partial charge in [-0.05, 0) is 63.3 Å². The maximum Gasteiger partial charge on any atom is 0.408 e. The lowest BCUT2D eigenvalue weighted by Gasteiger charge is -2.22. The smallest absolute Gasteiger partial charge is 0.408 e. The molecule has 1 atom stereocenters. The third-order valence-corrected chi connectivity index (χ3v) is 5.44. The summed E-state index contributed by atoms with van der Waals surface area (Å²) < 4.78 is 17.9. The number of carbonyl (C=O) groups excluding carboxylic acids is 2. The summed E-state index contributed by atoms with van der Waals surface area (Å²) in [5.74, 6) is -0.918. The fourth-order valence-electron chi connectivity index (χ4n) is 3.13. The molecule has 32 heavy (non-hydrogen) atoms. The van der Waals surface area contributed by atoms with Crippen LogP contribution in [0.3, 0.4) is 0 Å². The third-order valence-electron chi connectivity index (χ3n) is 4.55. The van der Waals surface area contributed by atoms with E-state index in [1.54, 1.807) is 26.8 Å². The Morgan fingerprint density at radius 1 is 1.31 bits per heavy atom. The number of rotatable bonds is 5. The number of nitrogens with one attached hydrogen (secondary N) is 1. The van der Waals surface area contributed by atoms with Crippen LogP contribution in [0.2, 0.25) is 0 Å². The molecule has 172 valence electrons. The Labute approximate surface area is 192 Å². The minimum atomic E-state index is -0.751. The molecule has 1 aromatic carbocycles. The molecule has 9 heteroatoms. The van der Waals surface area contributed by atoms with Gasteiger partial charge in [-0.2, -0.15) is 5.26 Å². The van der Waals surface area contributed by atoms with Crippen LogP contribution in [0.15, 0.2) is 35.7 Å². The van der Waals surface area contributed by atoms with Crippen LogP contribution in [0.25, 0.3) is 0 Å². The number of benzene rings is 1. The fourth-order valence-corrected chi connectivity index (χ4v) is 3.89. The number of halogens is 1. The molecule has 1 aromatic heterocycles. The Morgan fingerprint density at radius 2 is 2.00 bits per heavy atom. The summed E-state index contributed by atoms with van der Waals surface area (Å²) >= 11 is 1.51. The van der Waals surface area contributed by atoms with E-state index >= 15 is 0 Å². The van der Waals surface area contributed by atoms with E-state index in [1.165, 1.54) is 23.5 Å². The monoisotopic (exact) mass is 460 g/mol. The molecule has 1 saturated heterocycles. The highest BCUT2D eigenvalue weighted by Gasteiger charge is 2.23. The van der Waals surface area contributed by atoms with E-state index in [0.29, 0.717) is 12.0 Å². The van der Waals surface area contributed by atoms with E-state index in [1.807, 2.05) is 23.6 Å². The standard InChI is InChI=1S/C12H18N2O3S.C11H11FN2/c1-12(2,3)17-11(16)14-9(10(13)15)7-8-5-4-6-18-8;12-10-3-4-11(9(7-10)8-13)14-5-1-2-6-14/h4-6,9H,7H2,1-3H3,(H2,13,15)(H,14,16);3-4,7H,1-2,5-6H2/t9-;/m0./s1. The number of nitriles is 1. The Kier molecular flexibility index (Phi) is 9.02. The van der Waals surface area contributed by atoms with E-state index in [-0.39, 0.29) is 5.82 Å². The van der Waals surface area contributed by atoms with E-state index < -0.39 is 23.6 Å². The maximum absolute atomic E-state index is 12.9. The number of primary amides is 1. The molecule has 0 saturated carbocycles. The number of thiophene rings is 1. The maximum atomic E-state index is 12.9. The second kappa shape index (κ2) is 11.5. The average Bonchev–Trinajstić information content (AvgIpc) is 3.40. The van der Waals surface area contributed by atoms with Gasteiger partial charge in [0.2, 0.25) is 5.91 Å². The van der Waals surface area contributed by atoms with Crippen molar-refractivity contribution in [3.05, 3.63) is 52.0 Å². The Morgan fingerprint density at radius 3 is 2.53 bits per heavy atom. The second-order valence-electron chi connectivity index (χ2n) is 8.35. The molecular formula is C23H29FN4O3S. The van der Waals surface area contributed by atoms with Crippen LogP contribution in [0.4, 0.5) is 14.9 Å². The summed E-state index contributed by atoms with van der Waals surface area (Å²) in [4.78, 5) is 26.0. The molecule has 2 aromatic rings. The second-order valence-corrected chi connectivity index (χ2v) is 9.38. The first-order valence-electron chi connectivity index (χ1n) is 10.3. The van der Waals surface area contributed by atoms with Crippen molar-refractivity contribution in [3.8, 4) is 6.07 Å². The van der Waals surface area contributed by atoms with Crippen LogP contribution in [0.5, 0.6) is 0 Å². The van der Waals surface area contributed by atoms with Gasteiger partial charge in [-0.15, -0.1) is 11.3 Å². The topological polar surface area (TPSA) is 108 Å². The molecule has 0 radical (unpaired) electrons. The lowest BCUT2D eigenvalue weighted by molar-refractivity contribution is -0.120. The highest BCUT2D eigenvalue weighted by Crippen LogP contribution is 2.24. The van der Waals surface area contributed by atoms with Crippen molar-refractivity contribution < 1.29 is 18.7 Å². The Bertz CT molecular complexity index is 945. The van der Waals surface area contributed by atoms with Gasteiger partial charge in [-0.25, -0.2) is 9.18 Å². The van der Waals surface area contributed by atoms with Gasteiger partial charge >= 0.3 is 6.09 Å². The van der Waals surface area contributed by atoms with Crippen molar-refractivity contribution >= 4 is 29.0 Å². The van der Waals surface area contributed by atoms with E-state index in [0.717, 1.165) is 36.5 Å². The summed E-state index contributed by atoms with van der Waals surface area (Å²) in [6.07, 6.45) is 2.05. The highest BCUT2D eigenvalue weighted by molar-refractivity contribution is 7.09. The van der Waals surface area contributed by atoms with Crippen molar-refractivity contribution in [2.45, 2.75) is 51.7 Å². The number of carbonyl (C=O) groups is 2. The van der Waals surface area contributed by atoms with E-state index in [9.17, 15) is 14.0 Å². The third kappa shape index (κ3) is 8.19. The number of anilines is 1. The van der Waals surface area contributed by atoms with Gasteiger partial charge in [0.05, 0.1) is 11.3 Å². The minimum Gasteiger partial charge on any atom is -0.444 e. The predicted molar refractivity (Wildman–Crippen MR) is 123 cm³/mol. The molecule has 1 aliphatic rings. The molecule has 2 heterocycles. The molecule has 1 aliphatic heterocycles. The van der Waals surface area contributed by atoms with Gasteiger partial charge in [-0.1, -0.05) is 6.07 Å². The number of hydrogen-bond acceptors (Lipinski definition) is 6. The fraction of sp³-hybridized carbons (Fsp3) is 0.435. The zero-order valence-corrected chi connectivity index (χ0v) is 19.4. The number of nitrogens with zero attached hydrogens (tertiary/aromatic N) is 2. The van der Waals surface area contributed by atoms with Crippen molar-refractivity contribution in [1.82, 2.24) is 5.32 Å². The van der Waals surface area contributed by atoms with Gasteiger partial charge in [0, 0.05) is 24.4 Å². The molecule has 7 nitrogen and oxygen atoms in total. The number of alkyl carbamates (subject to hydrolysis) is 1. The van der Waals surface area contributed by atoms with Crippen molar-refractivity contribution in [2.75, 3.05) is 18.0 Å². The summed E-state index contributed by atoms with van der Waals surface area (Å²) in [5, 5.41) is 13.2. The predicted octanol–water partition coefficient (Wildman–Crippen LogP) is 3.97. The number of ether oxygens (including phenoxy) is 1. The SMILES string of the molecule is CC(C)(C)OC(=O)N[C@@H](Cc1cccs1)C(N)=O.N#Cc1cc(F)ccc1N1CCCC1. The van der Waals surface area contributed by atoms with Crippen LogP contribution in [-0.4, -0.2) is 36.7 Å². The Hall–Kier alpha value is -3.12. The van der Waals surface area contributed by atoms with Crippen molar-refractivity contribution in [1.29, 1.82) is 5.26 Å². The van der Waals surface area contributed by atoms with Gasteiger partial charge in [-0.3, -0.25) is 4.79 Å². The quantitative estimate of drug-likeness (QED) is 0.702. The minimum absolute atomic E-state index is 0.343. The molecule has 2 amide bonds. The first kappa shape index (κ1) is 25.1. The summed E-state index contributed by atoms with van der Waals surface area (Å²) in [7, 11) is 0. The van der Waals surface area contributed by atoms with E-state index in [2.05, 4.69) is 10.2 Å². The normalized spacial score (nSPS) is 14.0. The Balaban J connectivity index is 0.000000233. The zero-order chi connectivity index (χ0) is 23.7.